The Kier molecular flexibility index (Phi) is 11.4. The van der Waals surface area contributed by atoms with Crippen molar-refractivity contribution in [3.63, 3.8) is 0 Å². The van der Waals surface area contributed by atoms with Crippen LogP contribution in [0.5, 0.6) is 0 Å². The number of hydrogen-bond donors (Lipinski definition) is 3. The summed E-state index contributed by atoms with van der Waals surface area (Å²) in [4.78, 5) is 18.6. The summed E-state index contributed by atoms with van der Waals surface area (Å²) in [5.74, 6) is -1.04. The van der Waals surface area contributed by atoms with Crippen LogP contribution in [0.4, 0.5) is 0 Å². The number of carbonyl (C=O) groups is 1. The first-order valence-electron chi connectivity index (χ1n) is 11.7. The number of benzene rings is 1. The van der Waals surface area contributed by atoms with Crippen molar-refractivity contribution in [2.75, 3.05) is 6.54 Å². The fraction of sp³-hybridized carbons (Fsp3) is 0.370. The van der Waals surface area contributed by atoms with Gasteiger partial charge in [-0.2, -0.15) is 5.26 Å². The van der Waals surface area contributed by atoms with Crippen LogP contribution in [0.3, 0.4) is 0 Å². The molecule has 0 saturated carbocycles. The summed E-state index contributed by atoms with van der Waals surface area (Å²) in [5, 5.41) is 18.6. The standard InChI is InChI=1S/C17H11N3O2.C10H23N/c18-10-12-3-1-2-4-13(12)16-14(17(21)22)9-15(20-16)11-5-7-19-8-6-11;1-2-3-4-5-6-7-8-9-10-11/h1-9,20H,(H,21,22);2-11H2,1H3. The van der Waals surface area contributed by atoms with Gasteiger partial charge in [-0.05, 0) is 37.2 Å². The first-order chi connectivity index (χ1) is 16.1. The number of nitriles is 1. The third-order valence-corrected chi connectivity index (χ3v) is 5.41. The van der Waals surface area contributed by atoms with Crippen LogP contribution in [0, 0.1) is 11.3 Å². The number of unbranched alkanes of at least 4 members (excludes halogenated alkanes) is 7. The van der Waals surface area contributed by atoms with Gasteiger partial charge in [0.25, 0.3) is 0 Å². The molecule has 0 aliphatic rings. The predicted octanol–water partition coefficient (Wildman–Crippen LogP) is 6.40. The lowest BCUT2D eigenvalue weighted by molar-refractivity contribution is 0.0698. The zero-order chi connectivity index (χ0) is 23.9. The van der Waals surface area contributed by atoms with Crippen LogP contribution in [0.2, 0.25) is 0 Å². The molecule has 3 aromatic rings. The molecule has 0 unspecified atom stereocenters. The summed E-state index contributed by atoms with van der Waals surface area (Å²) in [6.07, 6.45) is 14.3. The fourth-order valence-corrected chi connectivity index (χ4v) is 3.60. The van der Waals surface area contributed by atoms with Gasteiger partial charge in [0.05, 0.1) is 22.9 Å². The number of hydrogen-bond acceptors (Lipinski definition) is 4. The molecule has 0 aliphatic heterocycles. The van der Waals surface area contributed by atoms with Crippen molar-refractivity contribution in [1.29, 1.82) is 5.26 Å². The maximum Gasteiger partial charge on any atom is 0.337 e. The third-order valence-electron chi connectivity index (χ3n) is 5.41. The van der Waals surface area contributed by atoms with Gasteiger partial charge in [-0.1, -0.05) is 70.1 Å². The Bertz CT molecular complexity index is 1010. The van der Waals surface area contributed by atoms with Gasteiger partial charge in [0.1, 0.15) is 0 Å². The number of aromatic carboxylic acids is 1. The zero-order valence-electron chi connectivity index (χ0n) is 19.4. The van der Waals surface area contributed by atoms with Crippen molar-refractivity contribution in [3.8, 4) is 28.6 Å². The second-order valence-corrected chi connectivity index (χ2v) is 7.93. The van der Waals surface area contributed by atoms with Gasteiger partial charge in [0, 0.05) is 29.2 Å². The number of aromatic nitrogens is 2. The van der Waals surface area contributed by atoms with E-state index in [0.717, 1.165) is 12.1 Å². The third kappa shape index (κ3) is 8.21. The van der Waals surface area contributed by atoms with Crippen molar-refractivity contribution in [3.05, 3.63) is 66.0 Å². The van der Waals surface area contributed by atoms with Crippen LogP contribution in [0.1, 0.15) is 74.2 Å². The van der Waals surface area contributed by atoms with Gasteiger partial charge in [-0.3, -0.25) is 4.98 Å². The van der Waals surface area contributed by atoms with Crippen molar-refractivity contribution >= 4 is 5.97 Å². The molecule has 0 radical (unpaired) electrons. The lowest BCUT2D eigenvalue weighted by atomic mass is 10.0. The number of aromatic amines is 1. The largest absolute Gasteiger partial charge is 0.478 e. The van der Waals surface area contributed by atoms with Gasteiger partial charge in [0.15, 0.2) is 0 Å². The van der Waals surface area contributed by atoms with E-state index in [-0.39, 0.29) is 5.56 Å². The summed E-state index contributed by atoms with van der Waals surface area (Å²) < 4.78 is 0. The van der Waals surface area contributed by atoms with E-state index in [1.54, 1.807) is 54.9 Å². The van der Waals surface area contributed by atoms with Gasteiger partial charge >= 0.3 is 5.97 Å². The maximum atomic E-state index is 11.5. The van der Waals surface area contributed by atoms with Gasteiger partial charge in [-0.25, -0.2) is 4.79 Å². The minimum atomic E-state index is -1.04. The predicted molar refractivity (Wildman–Crippen MR) is 133 cm³/mol. The minimum Gasteiger partial charge on any atom is -0.478 e. The Labute approximate surface area is 196 Å². The van der Waals surface area contributed by atoms with E-state index >= 15 is 0 Å². The monoisotopic (exact) mass is 446 g/mol. The number of nitrogens with zero attached hydrogens (tertiary/aromatic N) is 2. The smallest absolute Gasteiger partial charge is 0.337 e. The molecule has 2 aromatic heterocycles. The molecule has 33 heavy (non-hydrogen) atoms. The Morgan fingerprint density at radius 3 is 2.27 bits per heavy atom. The molecule has 0 spiro atoms. The van der Waals surface area contributed by atoms with Crippen molar-refractivity contribution in [2.24, 2.45) is 5.73 Å². The molecule has 174 valence electrons. The van der Waals surface area contributed by atoms with E-state index in [1.165, 1.54) is 51.4 Å². The van der Waals surface area contributed by atoms with Crippen molar-refractivity contribution < 1.29 is 9.90 Å². The lowest BCUT2D eigenvalue weighted by Crippen LogP contribution is -1.97. The SMILES string of the molecule is CCCCCCCCCCN.N#Cc1ccccc1-c1[nH]c(-c2ccncc2)cc1C(=O)O. The minimum absolute atomic E-state index is 0.134. The van der Waals surface area contributed by atoms with Crippen LogP contribution < -0.4 is 5.73 Å². The van der Waals surface area contributed by atoms with Crippen LogP contribution >= 0.6 is 0 Å². The first-order valence-corrected chi connectivity index (χ1v) is 11.7. The number of carboxylic acids is 1. The van der Waals surface area contributed by atoms with Gasteiger partial charge < -0.3 is 15.8 Å². The normalized spacial score (nSPS) is 10.2. The summed E-state index contributed by atoms with van der Waals surface area (Å²) >= 11 is 0. The molecule has 0 saturated heterocycles. The van der Waals surface area contributed by atoms with Crippen molar-refractivity contribution in [1.82, 2.24) is 9.97 Å². The maximum absolute atomic E-state index is 11.5. The van der Waals surface area contributed by atoms with Crippen LogP contribution in [0.25, 0.3) is 22.5 Å². The van der Waals surface area contributed by atoms with Crippen LogP contribution in [-0.2, 0) is 0 Å². The highest BCUT2D eigenvalue weighted by Crippen LogP contribution is 2.30. The van der Waals surface area contributed by atoms with Crippen LogP contribution in [0.15, 0.2) is 54.9 Å². The second-order valence-electron chi connectivity index (χ2n) is 7.93. The highest BCUT2D eigenvalue weighted by atomic mass is 16.4. The van der Waals surface area contributed by atoms with E-state index in [2.05, 4.69) is 23.0 Å². The summed E-state index contributed by atoms with van der Waals surface area (Å²) in [5.41, 5.74) is 8.45. The van der Waals surface area contributed by atoms with Crippen molar-refractivity contribution in [2.45, 2.75) is 58.3 Å². The molecule has 4 N–H and O–H groups in total. The molecule has 0 amide bonds. The number of rotatable bonds is 11. The summed E-state index contributed by atoms with van der Waals surface area (Å²) in [6, 6.07) is 14.1. The number of H-pyrrole nitrogens is 1. The molecule has 6 nitrogen and oxygen atoms in total. The van der Waals surface area contributed by atoms with E-state index in [9.17, 15) is 15.2 Å². The van der Waals surface area contributed by atoms with E-state index in [1.807, 2.05) is 0 Å². The Morgan fingerprint density at radius 2 is 1.67 bits per heavy atom. The highest BCUT2D eigenvalue weighted by molar-refractivity contribution is 5.97. The van der Waals surface area contributed by atoms with E-state index in [0.29, 0.717) is 22.5 Å². The Morgan fingerprint density at radius 1 is 1.03 bits per heavy atom. The highest BCUT2D eigenvalue weighted by Gasteiger charge is 2.18. The molecule has 2 heterocycles. The number of nitrogens with one attached hydrogen (secondary N) is 1. The Balaban J connectivity index is 0.000000299. The molecule has 0 bridgehead atoms. The van der Waals surface area contributed by atoms with Gasteiger partial charge in [0.2, 0.25) is 0 Å². The fourth-order valence-electron chi connectivity index (χ4n) is 3.60. The van der Waals surface area contributed by atoms with Crippen LogP contribution in [-0.4, -0.2) is 27.6 Å². The number of carboxylic acid groups (broad SMARTS) is 1. The van der Waals surface area contributed by atoms with E-state index < -0.39 is 5.97 Å². The lowest BCUT2D eigenvalue weighted by Gasteiger charge is -2.03. The average Bonchev–Trinajstić information content (AvgIpc) is 3.30. The summed E-state index contributed by atoms with van der Waals surface area (Å²) in [6.45, 7) is 3.13. The molecular formula is C27H34N4O2. The number of pyridine rings is 1. The molecule has 6 heteroatoms. The molecule has 3 rings (SSSR count). The zero-order valence-corrected chi connectivity index (χ0v) is 19.4. The molecule has 0 aliphatic carbocycles. The molecule has 0 atom stereocenters. The number of nitrogens with two attached hydrogens (primary N) is 1. The molecular weight excluding hydrogens is 412 g/mol. The first kappa shape index (κ1) is 25.8. The van der Waals surface area contributed by atoms with E-state index in [4.69, 9.17) is 5.73 Å². The van der Waals surface area contributed by atoms with Gasteiger partial charge in [-0.15, -0.1) is 0 Å². The Hall–Kier alpha value is -3.43. The second kappa shape index (κ2) is 14.6. The quantitative estimate of drug-likeness (QED) is 0.295. The molecule has 0 fully saturated rings. The topological polar surface area (TPSA) is 116 Å². The average molecular weight is 447 g/mol. The molecule has 1 aromatic carbocycles. The summed E-state index contributed by atoms with van der Waals surface area (Å²) in [7, 11) is 0.